The fraction of sp³-hybridized carbons (Fsp3) is 0.889. The molecule has 1 spiro atoms. The average molecular weight is 184 g/mol. The molecule has 1 heterocycles. The molecule has 4 nitrogen and oxygen atoms in total. The highest BCUT2D eigenvalue weighted by Gasteiger charge is 2.46. The van der Waals surface area contributed by atoms with Crippen molar-refractivity contribution in [2.24, 2.45) is 10.7 Å². The smallest absolute Gasteiger partial charge is 0.282 e. The van der Waals surface area contributed by atoms with E-state index in [9.17, 15) is 0 Å². The SMILES string of the molecule is COC1CCCCC12CN=C(N)O2. The maximum absolute atomic E-state index is 5.60. The van der Waals surface area contributed by atoms with E-state index >= 15 is 0 Å². The van der Waals surface area contributed by atoms with Gasteiger partial charge in [-0.15, -0.1) is 0 Å². The maximum Gasteiger partial charge on any atom is 0.282 e. The number of amidine groups is 1. The minimum Gasteiger partial charge on any atom is -0.454 e. The van der Waals surface area contributed by atoms with Crippen molar-refractivity contribution in [3.63, 3.8) is 0 Å². The Balaban J connectivity index is 2.10. The molecule has 4 heteroatoms. The van der Waals surface area contributed by atoms with Crippen LogP contribution in [0.2, 0.25) is 0 Å². The predicted octanol–water partition coefficient (Wildman–Crippen LogP) is 0.659. The second-order valence-corrected chi connectivity index (χ2v) is 3.79. The summed E-state index contributed by atoms with van der Waals surface area (Å²) in [7, 11) is 1.73. The first kappa shape index (κ1) is 8.81. The molecule has 0 radical (unpaired) electrons. The molecule has 2 atom stereocenters. The first-order valence-corrected chi connectivity index (χ1v) is 4.78. The van der Waals surface area contributed by atoms with Crippen LogP contribution in [0, 0.1) is 0 Å². The van der Waals surface area contributed by atoms with Gasteiger partial charge in [-0.1, -0.05) is 6.42 Å². The summed E-state index contributed by atoms with van der Waals surface area (Å²) >= 11 is 0. The standard InChI is InChI=1S/C9H16N2O2/c1-12-7-4-2-3-5-9(7)6-11-8(10)13-9/h7H,2-6H2,1H3,(H2,10,11). The van der Waals surface area contributed by atoms with Crippen LogP contribution in [-0.2, 0) is 9.47 Å². The van der Waals surface area contributed by atoms with Crippen molar-refractivity contribution in [2.45, 2.75) is 37.4 Å². The van der Waals surface area contributed by atoms with Crippen molar-refractivity contribution in [1.82, 2.24) is 0 Å². The van der Waals surface area contributed by atoms with Crippen molar-refractivity contribution in [3.8, 4) is 0 Å². The minimum absolute atomic E-state index is 0.158. The lowest BCUT2D eigenvalue weighted by atomic mass is 9.82. The molecule has 1 aliphatic heterocycles. The molecule has 13 heavy (non-hydrogen) atoms. The van der Waals surface area contributed by atoms with Crippen LogP contribution in [0.15, 0.2) is 4.99 Å². The minimum atomic E-state index is -0.239. The lowest BCUT2D eigenvalue weighted by molar-refractivity contribution is -0.0908. The van der Waals surface area contributed by atoms with Crippen LogP contribution in [0.4, 0.5) is 0 Å². The Morgan fingerprint density at radius 3 is 3.08 bits per heavy atom. The number of rotatable bonds is 1. The van der Waals surface area contributed by atoms with Crippen molar-refractivity contribution in [1.29, 1.82) is 0 Å². The Hall–Kier alpha value is -0.770. The van der Waals surface area contributed by atoms with Gasteiger partial charge in [0.05, 0.1) is 12.6 Å². The molecular formula is C9H16N2O2. The van der Waals surface area contributed by atoms with E-state index in [1.54, 1.807) is 7.11 Å². The van der Waals surface area contributed by atoms with Crippen molar-refractivity contribution in [3.05, 3.63) is 0 Å². The molecule has 0 bridgehead atoms. The van der Waals surface area contributed by atoms with E-state index in [0.717, 1.165) is 12.8 Å². The van der Waals surface area contributed by atoms with Gasteiger partial charge in [-0.3, -0.25) is 0 Å². The summed E-state index contributed by atoms with van der Waals surface area (Å²) in [5, 5.41) is 0. The fourth-order valence-electron chi connectivity index (χ4n) is 2.29. The second-order valence-electron chi connectivity index (χ2n) is 3.79. The van der Waals surface area contributed by atoms with Crippen molar-refractivity contribution < 1.29 is 9.47 Å². The number of hydrogen-bond donors (Lipinski definition) is 1. The average Bonchev–Trinajstić information content (AvgIpc) is 2.49. The molecular weight excluding hydrogens is 168 g/mol. The van der Waals surface area contributed by atoms with E-state index in [0.29, 0.717) is 12.6 Å². The molecule has 2 N–H and O–H groups in total. The lowest BCUT2D eigenvalue weighted by Gasteiger charge is -2.38. The third-order valence-electron chi connectivity index (χ3n) is 3.00. The molecule has 0 aromatic carbocycles. The summed E-state index contributed by atoms with van der Waals surface area (Å²) in [5.41, 5.74) is 5.29. The normalized spacial score (nSPS) is 38.8. The van der Waals surface area contributed by atoms with Crippen LogP contribution in [-0.4, -0.2) is 31.4 Å². The first-order valence-electron chi connectivity index (χ1n) is 4.78. The highest BCUT2D eigenvalue weighted by molar-refractivity contribution is 5.73. The molecule has 2 rings (SSSR count). The molecule has 2 aliphatic rings. The van der Waals surface area contributed by atoms with Gasteiger partial charge < -0.3 is 15.2 Å². The summed E-state index contributed by atoms with van der Waals surface area (Å²) in [6, 6.07) is 0.323. The molecule has 1 fully saturated rings. The molecule has 1 aliphatic carbocycles. The Labute approximate surface area is 78.1 Å². The third-order valence-corrected chi connectivity index (χ3v) is 3.00. The van der Waals surface area contributed by atoms with Gasteiger partial charge in [0.25, 0.3) is 6.02 Å². The number of nitrogens with zero attached hydrogens (tertiary/aromatic N) is 1. The van der Waals surface area contributed by atoms with Crippen LogP contribution in [0.5, 0.6) is 0 Å². The number of hydrogen-bond acceptors (Lipinski definition) is 4. The van der Waals surface area contributed by atoms with Gasteiger partial charge >= 0.3 is 0 Å². The van der Waals surface area contributed by atoms with E-state index < -0.39 is 0 Å². The van der Waals surface area contributed by atoms with E-state index in [2.05, 4.69) is 4.99 Å². The van der Waals surface area contributed by atoms with Gasteiger partial charge in [-0.05, 0) is 19.3 Å². The Morgan fingerprint density at radius 1 is 1.62 bits per heavy atom. The van der Waals surface area contributed by atoms with Crippen LogP contribution >= 0.6 is 0 Å². The fourth-order valence-corrected chi connectivity index (χ4v) is 2.29. The second kappa shape index (κ2) is 3.18. The van der Waals surface area contributed by atoms with E-state index in [4.69, 9.17) is 15.2 Å². The first-order chi connectivity index (χ1) is 6.27. The Bertz CT molecular complexity index is 230. The molecule has 0 aromatic rings. The van der Waals surface area contributed by atoms with Gasteiger partial charge in [-0.2, -0.15) is 0 Å². The molecule has 0 aromatic heterocycles. The summed E-state index contributed by atoms with van der Waals surface area (Å²) in [6.07, 6.45) is 4.62. The highest BCUT2D eigenvalue weighted by Crippen LogP contribution is 2.36. The quantitative estimate of drug-likeness (QED) is 0.651. The number of nitrogens with two attached hydrogens (primary N) is 1. The Morgan fingerprint density at radius 2 is 2.46 bits per heavy atom. The molecule has 74 valence electrons. The monoisotopic (exact) mass is 184 g/mol. The molecule has 1 saturated carbocycles. The van der Waals surface area contributed by atoms with E-state index in [1.807, 2.05) is 0 Å². The highest BCUT2D eigenvalue weighted by atomic mass is 16.6. The zero-order valence-electron chi connectivity index (χ0n) is 7.95. The van der Waals surface area contributed by atoms with Gasteiger partial charge in [0.15, 0.2) is 5.60 Å². The lowest BCUT2D eigenvalue weighted by Crippen LogP contribution is -2.49. The summed E-state index contributed by atoms with van der Waals surface area (Å²) < 4.78 is 11.0. The summed E-state index contributed by atoms with van der Waals surface area (Å²) in [4.78, 5) is 4.10. The van der Waals surface area contributed by atoms with Crippen LogP contribution in [0.3, 0.4) is 0 Å². The molecule has 0 saturated heterocycles. The van der Waals surface area contributed by atoms with Gasteiger partial charge in [0.1, 0.15) is 0 Å². The molecule has 0 amide bonds. The number of methoxy groups -OCH3 is 1. The van der Waals surface area contributed by atoms with Crippen molar-refractivity contribution >= 4 is 6.02 Å². The van der Waals surface area contributed by atoms with Crippen LogP contribution in [0.1, 0.15) is 25.7 Å². The topological polar surface area (TPSA) is 56.8 Å². The third kappa shape index (κ3) is 1.39. The van der Waals surface area contributed by atoms with Gasteiger partial charge in [0.2, 0.25) is 0 Å². The zero-order valence-corrected chi connectivity index (χ0v) is 7.95. The predicted molar refractivity (Wildman–Crippen MR) is 49.6 cm³/mol. The zero-order chi connectivity index (χ0) is 9.31. The van der Waals surface area contributed by atoms with Crippen molar-refractivity contribution in [2.75, 3.05) is 13.7 Å². The van der Waals surface area contributed by atoms with Crippen LogP contribution in [0.25, 0.3) is 0 Å². The van der Waals surface area contributed by atoms with E-state index in [1.165, 1.54) is 12.8 Å². The van der Waals surface area contributed by atoms with E-state index in [-0.39, 0.29) is 11.7 Å². The largest absolute Gasteiger partial charge is 0.454 e. The van der Waals surface area contributed by atoms with Gasteiger partial charge in [0, 0.05) is 7.11 Å². The van der Waals surface area contributed by atoms with Crippen LogP contribution < -0.4 is 5.73 Å². The maximum atomic E-state index is 5.60. The summed E-state index contributed by atoms with van der Waals surface area (Å²) in [5.74, 6) is 0. The van der Waals surface area contributed by atoms with Gasteiger partial charge in [-0.25, -0.2) is 4.99 Å². The number of aliphatic imine (C=N–C) groups is 1. The number of ether oxygens (including phenoxy) is 2. The Kier molecular flexibility index (Phi) is 2.15. The molecule has 2 unspecified atom stereocenters. The summed E-state index contributed by atoms with van der Waals surface area (Å²) in [6.45, 7) is 0.664.